The third-order valence-corrected chi connectivity index (χ3v) is 7.06. The predicted octanol–water partition coefficient (Wildman–Crippen LogP) is 6.75. The lowest BCUT2D eigenvalue weighted by molar-refractivity contribution is -0.939. The van der Waals surface area contributed by atoms with Crippen LogP contribution in [0.15, 0.2) is 66.7 Å². The van der Waals surface area contributed by atoms with Crippen LogP contribution in [-0.4, -0.2) is 30.8 Å². The highest BCUT2D eigenvalue weighted by Gasteiger charge is 2.41. The van der Waals surface area contributed by atoms with Crippen LogP contribution >= 0.6 is 11.6 Å². The molecule has 1 saturated heterocycles. The Morgan fingerprint density at radius 1 is 1.08 bits per heavy atom. The Kier molecular flexibility index (Phi) is 7.76. The predicted molar refractivity (Wildman–Crippen MR) is 135 cm³/mol. The zero-order chi connectivity index (χ0) is 26.6. The van der Waals surface area contributed by atoms with Crippen molar-refractivity contribution in [2.75, 3.05) is 25.2 Å². The minimum atomic E-state index is -4.50. The molecule has 0 saturated carbocycles. The number of nitrogens with zero attached hydrogens (tertiary/aromatic N) is 3. The molecule has 0 bridgehead atoms. The molecule has 0 aliphatic carbocycles. The summed E-state index contributed by atoms with van der Waals surface area (Å²) in [7, 11) is 1.32. The topological polar surface area (TPSA) is 53.3 Å². The number of benzene rings is 3. The first-order valence-corrected chi connectivity index (χ1v) is 12.2. The molecule has 1 heterocycles. The molecule has 1 fully saturated rings. The van der Waals surface area contributed by atoms with Crippen LogP contribution in [0.5, 0.6) is 0 Å². The second kappa shape index (κ2) is 10.8. The Morgan fingerprint density at radius 2 is 1.81 bits per heavy atom. The van der Waals surface area contributed by atoms with Crippen molar-refractivity contribution in [3.05, 3.63) is 99.6 Å². The molecule has 0 spiro atoms. The van der Waals surface area contributed by atoms with Crippen molar-refractivity contribution >= 4 is 23.3 Å². The SMILES string of the molecule is COC(=O)c1cccc(C[N+]2(N(Cc3ccccc3C(F)(F)F)c3ccc(C#N)c(Cl)c3)CCCC2)c1. The maximum atomic E-state index is 13.9. The van der Waals surface area contributed by atoms with Crippen molar-refractivity contribution in [1.29, 1.82) is 5.26 Å². The van der Waals surface area contributed by atoms with E-state index < -0.39 is 17.7 Å². The minimum absolute atomic E-state index is 0.0192. The smallest absolute Gasteiger partial charge is 0.416 e. The Balaban J connectivity index is 1.83. The molecule has 192 valence electrons. The van der Waals surface area contributed by atoms with Crippen molar-refractivity contribution in [3.63, 3.8) is 0 Å². The molecule has 0 unspecified atom stereocenters. The number of hydrogen-bond donors (Lipinski definition) is 0. The first-order chi connectivity index (χ1) is 17.7. The van der Waals surface area contributed by atoms with Gasteiger partial charge in [0.05, 0.1) is 41.1 Å². The Bertz CT molecular complexity index is 1330. The highest BCUT2D eigenvalue weighted by Crippen LogP contribution is 2.38. The second-order valence-electron chi connectivity index (χ2n) is 9.09. The number of nitriles is 1. The van der Waals surface area contributed by atoms with Crippen LogP contribution < -0.4 is 5.01 Å². The van der Waals surface area contributed by atoms with Crippen LogP contribution in [0.2, 0.25) is 5.02 Å². The lowest BCUT2D eigenvalue weighted by atomic mass is 10.1. The Labute approximate surface area is 218 Å². The molecule has 0 amide bonds. The van der Waals surface area contributed by atoms with Gasteiger partial charge in [0.2, 0.25) is 0 Å². The fourth-order valence-corrected chi connectivity index (χ4v) is 5.22. The fourth-order valence-electron chi connectivity index (χ4n) is 5.00. The van der Waals surface area contributed by atoms with E-state index in [1.165, 1.54) is 19.2 Å². The number of halogens is 4. The van der Waals surface area contributed by atoms with E-state index in [9.17, 15) is 23.2 Å². The van der Waals surface area contributed by atoms with Crippen LogP contribution in [0.1, 0.15) is 45.5 Å². The van der Waals surface area contributed by atoms with E-state index >= 15 is 0 Å². The highest BCUT2D eigenvalue weighted by atomic mass is 35.5. The molecule has 1 aliphatic heterocycles. The Morgan fingerprint density at radius 3 is 2.46 bits per heavy atom. The van der Waals surface area contributed by atoms with E-state index in [2.05, 4.69) is 0 Å². The Hall–Kier alpha value is -3.54. The number of likely N-dealkylation sites (tertiary alicyclic amines) is 1. The van der Waals surface area contributed by atoms with E-state index in [1.807, 2.05) is 17.1 Å². The number of anilines is 1. The molecule has 0 aromatic heterocycles. The quantitative estimate of drug-likeness (QED) is 0.251. The zero-order valence-electron chi connectivity index (χ0n) is 20.3. The van der Waals surface area contributed by atoms with Gasteiger partial charge < -0.3 is 4.74 Å². The number of rotatable bonds is 7. The van der Waals surface area contributed by atoms with E-state index in [0.717, 1.165) is 24.5 Å². The van der Waals surface area contributed by atoms with Gasteiger partial charge in [-0.3, -0.25) is 0 Å². The maximum Gasteiger partial charge on any atom is 0.416 e. The third-order valence-electron chi connectivity index (χ3n) is 6.75. The number of esters is 1. The number of alkyl halides is 3. The van der Waals surface area contributed by atoms with Gasteiger partial charge in [-0.2, -0.15) is 18.4 Å². The normalized spacial score (nSPS) is 14.7. The van der Waals surface area contributed by atoms with Crippen molar-refractivity contribution in [2.45, 2.75) is 32.1 Å². The monoisotopic (exact) mass is 528 g/mol. The molecular formula is C28H26ClF3N3O2+. The summed E-state index contributed by atoms with van der Waals surface area (Å²) in [5.41, 5.74) is 1.63. The van der Waals surface area contributed by atoms with Crippen LogP contribution in [-0.2, 0) is 24.0 Å². The summed E-state index contributed by atoms with van der Waals surface area (Å²) in [5, 5.41) is 11.5. The standard InChI is InChI=1S/C28H26ClF3N3O2/c1-37-27(36)21-9-6-7-20(15-21)19-35(13-4-5-14-35)34(24-12-11-22(17-33)26(29)16-24)18-23-8-2-3-10-25(23)28(30,31)32/h2-3,6-12,15-16H,4-5,13-14,18-19H2,1H3/q+1. The van der Waals surface area contributed by atoms with E-state index in [-0.39, 0.29) is 17.1 Å². The number of carbonyl (C=O) groups excluding carboxylic acids is 1. The zero-order valence-corrected chi connectivity index (χ0v) is 21.0. The van der Waals surface area contributed by atoms with Gasteiger partial charge in [0.25, 0.3) is 0 Å². The van der Waals surface area contributed by atoms with E-state index in [0.29, 0.717) is 41.0 Å². The molecule has 3 aromatic rings. The van der Waals surface area contributed by atoms with Crippen LogP contribution in [0.25, 0.3) is 0 Å². The van der Waals surface area contributed by atoms with Crippen LogP contribution in [0.3, 0.4) is 0 Å². The van der Waals surface area contributed by atoms with Crippen molar-refractivity contribution in [2.24, 2.45) is 0 Å². The largest absolute Gasteiger partial charge is 0.465 e. The molecular weight excluding hydrogens is 503 g/mol. The number of methoxy groups -OCH3 is 1. The van der Waals surface area contributed by atoms with Gasteiger partial charge in [-0.25, -0.2) is 14.4 Å². The van der Waals surface area contributed by atoms with Crippen molar-refractivity contribution < 1.29 is 27.3 Å². The number of quaternary nitrogens is 1. The van der Waals surface area contributed by atoms with E-state index in [4.69, 9.17) is 16.3 Å². The fraction of sp³-hybridized carbons (Fsp3) is 0.286. The summed E-state index contributed by atoms with van der Waals surface area (Å²) >= 11 is 6.38. The average Bonchev–Trinajstić information content (AvgIpc) is 3.35. The van der Waals surface area contributed by atoms with E-state index in [1.54, 1.807) is 42.5 Å². The molecule has 5 nitrogen and oxygen atoms in total. The number of carbonyl (C=O) groups is 1. The van der Waals surface area contributed by atoms with Gasteiger partial charge in [-0.05, 0) is 42.0 Å². The molecule has 3 aromatic carbocycles. The molecule has 9 heteroatoms. The van der Waals surface area contributed by atoms with Crippen LogP contribution in [0, 0.1) is 11.3 Å². The third kappa shape index (κ3) is 5.74. The van der Waals surface area contributed by atoms with Crippen LogP contribution in [0.4, 0.5) is 18.9 Å². The minimum Gasteiger partial charge on any atom is -0.465 e. The van der Waals surface area contributed by atoms with Gasteiger partial charge in [-0.15, -0.1) is 0 Å². The second-order valence-corrected chi connectivity index (χ2v) is 9.50. The summed E-state index contributed by atoms with van der Waals surface area (Å²) in [6.07, 6.45) is -2.73. The summed E-state index contributed by atoms with van der Waals surface area (Å²) in [4.78, 5) is 12.1. The molecule has 0 N–H and O–H groups in total. The molecule has 4 rings (SSSR count). The summed E-state index contributed by atoms with van der Waals surface area (Å²) in [6.45, 7) is 1.81. The first kappa shape index (κ1) is 26.5. The molecule has 0 radical (unpaired) electrons. The highest BCUT2D eigenvalue weighted by molar-refractivity contribution is 6.32. The number of hydrogen-bond acceptors (Lipinski definition) is 4. The van der Waals surface area contributed by atoms with Gasteiger partial charge in [-0.1, -0.05) is 41.9 Å². The molecule has 1 aliphatic rings. The van der Waals surface area contributed by atoms with Gasteiger partial charge in [0.1, 0.15) is 25.7 Å². The lowest BCUT2D eigenvalue weighted by Gasteiger charge is -2.45. The summed E-state index contributed by atoms with van der Waals surface area (Å²) < 4.78 is 46.9. The van der Waals surface area contributed by atoms with Crippen molar-refractivity contribution in [3.8, 4) is 6.07 Å². The first-order valence-electron chi connectivity index (χ1n) is 11.8. The summed E-state index contributed by atoms with van der Waals surface area (Å²) in [6, 6.07) is 19.7. The number of ether oxygens (including phenoxy) is 1. The average molecular weight is 529 g/mol. The summed E-state index contributed by atoms with van der Waals surface area (Å²) in [5.74, 6) is -0.454. The molecule has 0 atom stereocenters. The maximum absolute atomic E-state index is 13.9. The van der Waals surface area contributed by atoms with Gasteiger partial charge in [0.15, 0.2) is 0 Å². The van der Waals surface area contributed by atoms with Crippen molar-refractivity contribution in [1.82, 2.24) is 0 Å². The van der Waals surface area contributed by atoms with Gasteiger partial charge >= 0.3 is 12.1 Å². The van der Waals surface area contributed by atoms with Gasteiger partial charge in [0, 0.05) is 18.4 Å². The molecule has 37 heavy (non-hydrogen) atoms. The lowest BCUT2D eigenvalue weighted by Crippen LogP contribution is -2.58.